The summed E-state index contributed by atoms with van der Waals surface area (Å²) in [5, 5.41) is 2.22. The maximum atomic E-state index is 5.68. The Morgan fingerprint density at radius 2 is 1.56 bits per heavy atom. The normalized spacial score (nSPS) is 18.7. The summed E-state index contributed by atoms with van der Waals surface area (Å²) >= 11 is 11.4. The first-order valence-electron chi connectivity index (χ1n) is 4.91. The van der Waals surface area contributed by atoms with Crippen LogP contribution in [0.2, 0.25) is 10.6 Å². The highest BCUT2D eigenvalue weighted by Gasteiger charge is 2.14. The Morgan fingerprint density at radius 3 is 2.12 bits per heavy atom. The molecule has 0 atom stereocenters. The molecule has 0 unspecified atom stereocenters. The number of anilines is 1. The van der Waals surface area contributed by atoms with Gasteiger partial charge in [-0.05, 0) is 30.2 Å². The van der Waals surface area contributed by atoms with E-state index in [4.69, 9.17) is 23.2 Å². The molecule has 0 aromatic carbocycles. The number of piperazine rings is 1. The van der Waals surface area contributed by atoms with E-state index in [1.807, 2.05) is 5.01 Å². The van der Waals surface area contributed by atoms with Crippen LogP contribution >= 0.6 is 23.2 Å². The molecule has 0 radical (unpaired) electrons. The van der Waals surface area contributed by atoms with Gasteiger partial charge in [-0.2, -0.15) is 15.0 Å². The van der Waals surface area contributed by atoms with Gasteiger partial charge in [-0.15, -0.1) is 0 Å². The van der Waals surface area contributed by atoms with Crippen molar-refractivity contribution in [2.45, 2.75) is 0 Å². The number of likely N-dealkylation sites (N-methyl/N-ethyl adjacent to an activating group) is 1. The molecule has 1 aliphatic rings. The first-order valence-corrected chi connectivity index (χ1v) is 5.66. The number of rotatable bonds is 2. The van der Waals surface area contributed by atoms with Gasteiger partial charge in [0.25, 0.3) is 0 Å². The molecule has 1 saturated heterocycles. The Hall–Kier alpha value is -0.690. The zero-order valence-electron chi connectivity index (χ0n) is 8.82. The van der Waals surface area contributed by atoms with Gasteiger partial charge in [-0.1, -0.05) is 0 Å². The van der Waals surface area contributed by atoms with Crippen molar-refractivity contribution in [3.63, 3.8) is 0 Å². The topological polar surface area (TPSA) is 57.2 Å². The highest BCUT2D eigenvalue weighted by atomic mass is 35.5. The van der Waals surface area contributed by atoms with Crippen LogP contribution in [0.1, 0.15) is 0 Å². The lowest BCUT2D eigenvalue weighted by atomic mass is 10.4. The summed E-state index contributed by atoms with van der Waals surface area (Å²) in [5.74, 6) is 0.384. The molecule has 0 saturated carbocycles. The molecule has 0 bridgehead atoms. The van der Waals surface area contributed by atoms with Crippen LogP contribution in [0.15, 0.2) is 0 Å². The van der Waals surface area contributed by atoms with E-state index < -0.39 is 0 Å². The van der Waals surface area contributed by atoms with Gasteiger partial charge >= 0.3 is 0 Å². The first kappa shape index (κ1) is 11.8. The van der Waals surface area contributed by atoms with Crippen molar-refractivity contribution in [3.8, 4) is 0 Å². The average molecular weight is 263 g/mol. The summed E-state index contributed by atoms with van der Waals surface area (Å²) in [6.45, 7) is 3.80. The third-order valence-electron chi connectivity index (χ3n) is 2.34. The molecule has 1 aromatic heterocycles. The zero-order chi connectivity index (χ0) is 11.5. The Bertz CT molecular complexity index is 345. The molecule has 1 aromatic rings. The van der Waals surface area contributed by atoms with Gasteiger partial charge in [0.15, 0.2) is 0 Å². The minimum Gasteiger partial charge on any atom is -0.304 e. The SMILES string of the molecule is CN1CCN(Nc2nc(Cl)nc(Cl)n2)CC1. The van der Waals surface area contributed by atoms with Crippen molar-refractivity contribution >= 4 is 29.2 Å². The largest absolute Gasteiger partial charge is 0.304 e. The van der Waals surface area contributed by atoms with Gasteiger partial charge in [0.05, 0.1) is 0 Å². The summed E-state index contributed by atoms with van der Waals surface area (Å²) in [5.41, 5.74) is 3.06. The lowest BCUT2D eigenvalue weighted by molar-refractivity contribution is 0.178. The minimum atomic E-state index is 0.0941. The van der Waals surface area contributed by atoms with Gasteiger partial charge < -0.3 is 4.90 Å². The number of hydrogen-bond acceptors (Lipinski definition) is 6. The average Bonchev–Trinajstić information content (AvgIpc) is 2.20. The number of aromatic nitrogens is 3. The molecule has 0 amide bonds. The molecule has 8 heteroatoms. The van der Waals surface area contributed by atoms with E-state index in [0.29, 0.717) is 5.95 Å². The Kier molecular flexibility index (Phi) is 3.75. The van der Waals surface area contributed by atoms with E-state index in [1.165, 1.54) is 0 Å². The van der Waals surface area contributed by atoms with Crippen molar-refractivity contribution in [2.75, 3.05) is 38.7 Å². The van der Waals surface area contributed by atoms with Gasteiger partial charge in [0.2, 0.25) is 16.5 Å². The summed E-state index contributed by atoms with van der Waals surface area (Å²) in [6, 6.07) is 0. The fraction of sp³-hybridized carbons (Fsp3) is 0.625. The van der Waals surface area contributed by atoms with Crippen LogP contribution in [0.5, 0.6) is 0 Å². The number of hydrogen-bond donors (Lipinski definition) is 1. The summed E-state index contributed by atoms with van der Waals surface area (Å²) in [7, 11) is 2.09. The predicted octanol–water partition coefficient (Wildman–Crippen LogP) is 0.753. The van der Waals surface area contributed by atoms with Crippen LogP contribution in [0.4, 0.5) is 5.95 Å². The molecule has 2 rings (SSSR count). The lowest BCUT2D eigenvalue weighted by Crippen LogP contribution is -2.47. The smallest absolute Gasteiger partial charge is 0.243 e. The predicted molar refractivity (Wildman–Crippen MR) is 62.5 cm³/mol. The van der Waals surface area contributed by atoms with Crippen molar-refractivity contribution in [1.29, 1.82) is 0 Å². The molecule has 6 nitrogen and oxygen atoms in total. The molecule has 1 aliphatic heterocycles. The monoisotopic (exact) mass is 262 g/mol. The molecule has 0 spiro atoms. The molecular weight excluding hydrogens is 251 g/mol. The Morgan fingerprint density at radius 1 is 1.00 bits per heavy atom. The van der Waals surface area contributed by atoms with Crippen LogP contribution in [-0.4, -0.2) is 58.1 Å². The minimum absolute atomic E-state index is 0.0941. The van der Waals surface area contributed by atoms with Gasteiger partial charge in [-0.25, -0.2) is 5.01 Å². The van der Waals surface area contributed by atoms with Crippen LogP contribution < -0.4 is 5.43 Å². The van der Waals surface area contributed by atoms with E-state index >= 15 is 0 Å². The lowest BCUT2D eigenvalue weighted by Gasteiger charge is -2.32. The van der Waals surface area contributed by atoms with Crippen LogP contribution in [0.3, 0.4) is 0 Å². The Labute approximate surface area is 104 Å². The van der Waals surface area contributed by atoms with E-state index in [2.05, 4.69) is 32.3 Å². The highest BCUT2D eigenvalue weighted by molar-refractivity contribution is 6.31. The van der Waals surface area contributed by atoms with Crippen LogP contribution in [0, 0.1) is 0 Å². The standard InChI is InChI=1S/C8H12Cl2N6/c1-15-2-4-16(5-3-15)14-8-12-6(9)11-7(10)13-8/h2-5H2,1H3,(H,11,12,13,14). The highest BCUT2D eigenvalue weighted by Crippen LogP contribution is 2.10. The molecule has 0 aliphatic carbocycles. The first-order chi connectivity index (χ1) is 7.63. The molecule has 88 valence electrons. The van der Waals surface area contributed by atoms with Crippen molar-refractivity contribution in [2.24, 2.45) is 0 Å². The molecule has 16 heavy (non-hydrogen) atoms. The second-order valence-corrected chi connectivity index (χ2v) is 4.28. The van der Waals surface area contributed by atoms with E-state index in [-0.39, 0.29) is 10.6 Å². The van der Waals surface area contributed by atoms with E-state index in [9.17, 15) is 0 Å². The summed E-state index contributed by atoms with van der Waals surface area (Å²) in [4.78, 5) is 13.8. The second kappa shape index (κ2) is 5.09. The summed E-state index contributed by atoms with van der Waals surface area (Å²) in [6.07, 6.45) is 0. The number of nitrogens with one attached hydrogen (secondary N) is 1. The number of nitrogens with zero attached hydrogens (tertiary/aromatic N) is 5. The van der Waals surface area contributed by atoms with Crippen molar-refractivity contribution in [1.82, 2.24) is 24.9 Å². The number of hydrazine groups is 1. The maximum Gasteiger partial charge on any atom is 0.243 e. The van der Waals surface area contributed by atoms with E-state index in [1.54, 1.807) is 0 Å². The van der Waals surface area contributed by atoms with Gasteiger partial charge in [0, 0.05) is 26.2 Å². The molecular formula is C8H12Cl2N6. The fourth-order valence-corrected chi connectivity index (χ4v) is 1.80. The summed E-state index contributed by atoms with van der Waals surface area (Å²) < 4.78 is 0. The molecule has 1 fully saturated rings. The van der Waals surface area contributed by atoms with E-state index in [0.717, 1.165) is 26.2 Å². The molecule has 1 N–H and O–H groups in total. The van der Waals surface area contributed by atoms with Crippen LogP contribution in [-0.2, 0) is 0 Å². The van der Waals surface area contributed by atoms with Gasteiger partial charge in [0.1, 0.15) is 0 Å². The fourth-order valence-electron chi connectivity index (χ4n) is 1.44. The number of halogens is 2. The zero-order valence-corrected chi connectivity index (χ0v) is 10.3. The molecule has 2 heterocycles. The van der Waals surface area contributed by atoms with Crippen molar-refractivity contribution in [3.05, 3.63) is 10.6 Å². The third-order valence-corrected chi connectivity index (χ3v) is 2.68. The Balaban J connectivity index is 1.98. The van der Waals surface area contributed by atoms with Gasteiger partial charge in [-0.3, -0.25) is 5.43 Å². The third kappa shape index (κ3) is 3.15. The quantitative estimate of drug-likeness (QED) is 0.849. The maximum absolute atomic E-state index is 5.68. The van der Waals surface area contributed by atoms with Crippen LogP contribution in [0.25, 0.3) is 0 Å². The van der Waals surface area contributed by atoms with Crippen molar-refractivity contribution < 1.29 is 0 Å². The second-order valence-electron chi connectivity index (χ2n) is 3.60.